The summed E-state index contributed by atoms with van der Waals surface area (Å²) in [6, 6.07) is 3.71. The second-order valence-electron chi connectivity index (χ2n) is 4.70. The third-order valence-electron chi connectivity index (χ3n) is 3.16. The number of nitrogens with zero attached hydrogens (tertiary/aromatic N) is 2. The van der Waals surface area contributed by atoms with Gasteiger partial charge in [-0.3, -0.25) is 0 Å². The van der Waals surface area contributed by atoms with Crippen LogP contribution in [0, 0.1) is 0 Å². The minimum atomic E-state index is -2.89. The smallest absolute Gasteiger partial charge is 0.152 e. The van der Waals surface area contributed by atoms with Crippen LogP contribution in [0.5, 0.6) is 0 Å². The van der Waals surface area contributed by atoms with Gasteiger partial charge in [0.05, 0.1) is 11.5 Å². The van der Waals surface area contributed by atoms with Gasteiger partial charge in [-0.15, -0.1) is 0 Å². The van der Waals surface area contributed by atoms with E-state index >= 15 is 0 Å². The van der Waals surface area contributed by atoms with Crippen molar-refractivity contribution in [3.8, 4) is 0 Å². The zero-order valence-electron chi connectivity index (χ0n) is 10.5. The highest BCUT2D eigenvalue weighted by Gasteiger charge is 2.22. The third kappa shape index (κ3) is 3.00. The molecule has 2 N–H and O–H groups in total. The normalized spacial score (nSPS) is 21.3. The fourth-order valence-corrected chi connectivity index (χ4v) is 3.45. The van der Waals surface area contributed by atoms with Gasteiger partial charge in [0.25, 0.3) is 0 Å². The fourth-order valence-electron chi connectivity index (χ4n) is 2.18. The largest absolute Gasteiger partial charge is 0.355 e. The van der Waals surface area contributed by atoms with Crippen molar-refractivity contribution in [1.82, 2.24) is 4.98 Å². The number of sulfone groups is 1. The van der Waals surface area contributed by atoms with Gasteiger partial charge in [-0.05, 0) is 19.4 Å². The topological polar surface area (TPSA) is 76.3 Å². The predicted molar refractivity (Wildman–Crippen MR) is 72.3 cm³/mol. The van der Waals surface area contributed by atoms with Crippen LogP contribution < -0.4 is 10.6 Å². The lowest BCUT2D eigenvalue weighted by Gasteiger charge is -2.24. The molecule has 0 radical (unpaired) electrons. The monoisotopic (exact) mass is 269 g/mol. The summed E-state index contributed by atoms with van der Waals surface area (Å²) >= 11 is 0. The summed E-state index contributed by atoms with van der Waals surface area (Å²) in [6.45, 7) is 3.13. The first-order valence-electron chi connectivity index (χ1n) is 6.15. The minimum absolute atomic E-state index is 0.103. The van der Waals surface area contributed by atoms with Crippen molar-refractivity contribution in [2.24, 2.45) is 5.73 Å². The molecular formula is C12H19N3O2S. The van der Waals surface area contributed by atoms with Crippen molar-refractivity contribution in [3.63, 3.8) is 0 Å². The summed E-state index contributed by atoms with van der Waals surface area (Å²) in [6.07, 6.45) is 2.37. The second-order valence-corrected chi connectivity index (χ2v) is 7.00. The summed E-state index contributed by atoms with van der Waals surface area (Å²) in [7, 11) is -2.89. The number of hydrogen-bond donors (Lipinski definition) is 1. The first-order valence-corrected chi connectivity index (χ1v) is 7.97. The predicted octanol–water partition coefficient (Wildman–Crippen LogP) is 0.726. The SMILES string of the molecule is CC(N)c1cccnc1N1CCCS(=O)(=O)CC1. The average Bonchev–Trinajstić information content (AvgIpc) is 2.50. The minimum Gasteiger partial charge on any atom is -0.355 e. The zero-order chi connectivity index (χ0) is 13.2. The maximum Gasteiger partial charge on any atom is 0.152 e. The molecule has 18 heavy (non-hydrogen) atoms. The molecule has 2 heterocycles. The van der Waals surface area contributed by atoms with Gasteiger partial charge >= 0.3 is 0 Å². The summed E-state index contributed by atoms with van der Waals surface area (Å²) < 4.78 is 23.2. The van der Waals surface area contributed by atoms with E-state index < -0.39 is 9.84 Å². The highest BCUT2D eigenvalue weighted by atomic mass is 32.2. The number of nitrogens with two attached hydrogens (primary N) is 1. The molecule has 1 aromatic rings. The number of pyridine rings is 1. The van der Waals surface area contributed by atoms with Gasteiger partial charge in [-0.1, -0.05) is 6.07 Å². The maximum atomic E-state index is 11.6. The van der Waals surface area contributed by atoms with E-state index in [4.69, 9.17) is 5.73 Å². The molecular weight excluding hydrogens is 250 g/mol. The van der Waals surface area contributed by atoms with Gasteiger partial charge in [0.1, 0.15) is 5.82 Å². The number of hydrogen-bond acceptors (Lipinski definition) is 5. The first kappa shape index (κ1) is 13.3. The molecule has 6 heteroatoms. The number of rotatable bonds is 2. The summed E-state index contributed by atoms with van der Waals surface area (Å²) in [4.78, 5) is 6.40. The molecule has 100 valence electrons. The van der Waals surface area contributed by atoms with Gasteiger partial charge in [-0.25, -0.2) is 13.4 Å². The second kappa shape index (κ2) is 5.24. The Kier molecular flexibility index (Phi) is 3.87. The summed E-state index contributed by atoms with van der Waals surface area (Å²) in [5.74, 6) is 1.29. The Balaban J connectivity index is 2.26. The van der Waals surface area contributed by atoms with Gasteiger partial charge in [-0.2, -0.15) is 0 Å². The van der Waals surface area contributed by atoms with Gasteiger partial charge in [0, 0.05) is 30.9 Å². The highest BCUT2D eigenvalue weighted by Crippen LogP contribution is 2.23. The molecule has 0 aromatic carbocycles. The lowest BCUT2D eigenvalue weighted by atomic mass is 10.1. The highest BCUT2D eigenvalue weighted by molar-refractivity contribution is 7.91. The number of aromatic nitrogens is 1. The van der Waals surface area contributed by atoms with Crippen molar-refractivity contribution in [3.05, 3.63) is 23.9 Å². The molecule has 1 unspecified atom stereocenters. The Hall–Kier alpha value is -1.14. The Morgan fingerprint density at radius 3 is 2.89 bits per heavy atom. The van der Waals surface area contributed by atoms with E-state index in [-0.39, 0.29) is 17.5 Å². The molecule has 0 bridgehead atoms. The standard InChI is InChI=1S/C12H19N3O2S/c1-10(13)11-4-2-5-14-12(11)15-6-3-8-18(16,17)9-7-15/h2,4-5,10H,3,6-9,13H2,1H3. The van der Waals surface area contributed by atoms with Crippen LogP contribution in [0.15, 0.2) is 18.3 Å². The van der Waals surface area contributed by atoms with E-state index in [1.807, 2.05) is 24.0 Å². The van der Waals surface area contributed by atoms with E-state index in [1.54, 1.807) is 6.20 Å². The van der Waals surface area contributed by atoms with Crippen LogP contribution in [-0.2, 0) is 9.84 Å². The van der Waals surface area contributed by atoms with Crippen molar-refractivity contribution >= 4 is 15.7 Å². The van der Waals surface area contributed by atoms with E-state index in [9.17, 15) is 8.42 Å². The molecule has 2 rings (SSSR count). The zero-order valence-corrected chi connectivity index (χ0v) is 11.4. The Morgan fingerprint density at radius 1 is 1.39 bits per heavy atom. The molecule has 1 aliphatic heterocycles. The van der Waals surface area contributed by atoms with Crippen LogP contribution in [0.3, 0.4) is 0 Å². The molecule has 0 spiro atoms. The molecule has 0 saturated carbocycles. The molecule has 1 aliphatic rings. The van der Waals surface area contributed by atoms with Crippen LogP contribution in [0.25, 0.3) is 0 Å². The Morgan fingerprint density at radius 2 is 2.17 bits per heavy atom. The fraction of sp³-hybridized carbons (Fsp3) is 0.583. The van der Waals surface area contributed by atoms with Gasteiger partial charge < -0.3 is 10.6 Å². The molecule has 1 atom stereocenters. The summed E-state index contributed by atoms with van der Waals surface area (Å²) in [5, 5.41) is 0. The molecule has 1 fully saturated rings. The van der Waals surface area contributed by atoms with Crippen molar-refractivity contribution < 1.29 is 8.42 Å². The van der Waals surface area contributed by atoms with Crippen LogP contribution in [0.4, 0.5) is 5.82 Å². The Labute approximate surface area is 108 Å². The molecule has 1 aromatic heterocycles. The van der Waals surface area contributed by atoms with Crippen molar-refractivity contribution in [2.45, 2.75) is 19.4 Å². The quantitative estimate of drug-likeness (QED) is 0.856. The molecule has 0 amide bonds. The third-order valence-corrected chi connectivity index (χ3v) is 4.88. The van der Waals surface area contributed by atoms with E-state index in [0.717, 1.165) is 17.9 Å². The molecule has 1 saturated heterocycles. The Bertz CT molecular complexity index is 514. The van der Waals surface area contributed by atoms with E-state index in [1.165, 1.54) is 0 Å². The van der Waals surface area contributed by atoms with E-state index in [0.29, 0.717) is 13.0 Å². The average molecular weight is 269 g/mol. The van der Waals surface area contributed by atoms with Crippen LogP contribution in [0.2, 0.25) is 0 Å². The summed E-state index contributed by atoms with van der Waals surface area (Å²) in [5.41, 5.74) is 6.90. The van der Waals surface area contributed by atoms with Crippen molar-refractivity contribution in [2.75, 3.05) is 29.5 Å². The van der Waals surface area contributed by atoms with Crippen LogP contribution >= 0.6 is 0 Å². The number of anilines is 1. The van der Waals surface area contributed by atoms with Crippen LogP contribution in [-0.4, -0.2) is 38.0 Å². The molecule has 0 aliphatic carbocycles. The van der Waals surface area contributed by atoms with E-state index in [2.05, 4.69) is 4.98 Å². The maximum absolute atomic E-state index is 11.6. The lowest BCUT2D eigenvalue weighted by Crippen LogP contribution is -2.29. The van der Waals surface area contributed by atoms with Crippen molar-refractivity contribution in [1.29, 1.82) is 0 Å². The lowest BCUT2D eigenvalue weighted by molar-refractivity contribution is 0.597. The van der Waals surface area contributed by atoms with Crippen LogP contribution in [0.1, 0.15) is 24.9 Å². The van der Waals surface area contributed by atoms with Gasteiger partial charge in [0.15, 0.2) is 9.84 Å². The van der Waals surface area contributed by atoms with Gasteiger partial charge in [0.2, 0.25) is 0 Å². The first-order chi connectivity index (χ1) is 8.49. The molecule has 5 nitrogen and oxygen atoms in total.